The van der Waals surface area contributed by atoms with E-state index in [0.29, 0.717) is 0 Å². The van der Waals surface area contributed by atoms with E-state index in [1.807, 2.05) is 0 Å². The summed E-state index contributed by atoms with van der Waals surface area (Å²) < 4.78 is 13.1. The lowest BCUT2D eigenvalue weighted by atomic mass is 10.1. The van der Waals surface area contributed by atoms with E-state index in [-0.39, 0.29) is 23.7 Å². The zero-order valence-corrected chi connectivity index (χ0v) is 9.43. The molecule has 0 spiro atoms. The maximum Gasteiger partial charge on any atom is 0.407 e. The van der Waals surface area contributed by atoms with E-state index in [1.54, 1.807) is 0 Å². The largest absolute Gasteiger partial charge is 0.465 e. The van der Waals surface area contributed by atoms with Gasteiger partial charge in [-0.15, -0.1) is 0 Å². The number of carboxylic acid groups (broad SMARTS) is 1. The number of rotatable bonds is 1. The van der Waals surface area contributed by atoms with Gasteiger partial charge in [-0.1, -0.05) is 11.6 Å². The van der Waals surface area contributed by atoms with E-state index >= 15 is 0 Å². The van der Waals surface area contributed by atoms with Crippen LogP contribution < -0.4 is 0 Å². The predicted octanol–water partition coefficient (Wildman–Crippen LogP) is 1.66. The highest BCUT2D eigenvalue weighted by atomic mass is 35.5. The summed E-state index contributed by atoms with van der Waals surface area (Å²) in [6, 6.07) is 0.492. The molecule has 0 aromatic carbocycles. The molecular weight excluding hydrogens is 251 g/mol. The minimum Gasteiger partial charge on any atom is -0.465 e. The first-order valence-corrected chi connectivity index (χ1v) is 5.35. The monoisotopic (exact) mass is 260 g/mol. The highest BCUT2D eigenvalue weighted by Gasteiger charge is 2.36. The summed E-state index contributed by atoms with van der Waals surface area (Å²) in [6.45, 7) is -0.00710. The summed E-state index contributed by atoms with van der Waals surface area (Å²) in [5.74, 6) is -0.587. The molecule has 2 heterocycles. The molecule has 1 aromatic heterocycles. The Morgan fingerprint density at radius 3 is 3.00 bits per heavy atom. The van der Waals surface area contributed by atoms with Crippen molar-refractivity contribution in [3.8, 4) is 0 Å². The molecule has 2 atom stereocenters. The molecular formula is C10H10ClFN2O3. The van der Waals surface area contributed by atoms with Crippen LogP contribution in [0.3, 0.4) is 0 Å². The fourth-order valence-corrected chi connectivity index (χ4v) is 2.22. The topological polar surface area (TPSA) is 73.7 Å². The number of halogens is 2. The Hall–Kier alpha value is -1.40. The number of likely N-dealkylation sites (tertiary alicyclic amines) is 1. The molecule has 2 rings (SSSR count). The van der Waals surface area contributed by atoms with Gasteiger partial charge in [-0.3, -0.25) is 4.90 Å². The fraction of sp³-hybridized carbons (Fsp3) is 0.400. The van der Waals surface area contributed by atoms with Crippen LogP contribution >= 0.6 is 11.6 Å². The van der Waals surface area contributed by atoms with Crippen LogP contribution in [0.1, 0.15) is 18.0 Å². The lowest BCUT2D eigenvalue weighted by Crippen LogP contribution is -2.30. The van der Waals surface area contributed by atoms with Crippen molar-refractivity contribution in [1.82, 2.24) is 9.88 Å². The van der Waals surface area contributed by atoms with Gasteiger partial charge in [0.2, 0.25) is 0 Å². The van der Waals surface area contributed by atoms with Crippen LogP contribution in [0.4, 0.5) is 9.18 Å². The number of aliphatic hydroxyl groups excluding tert-OH is 1. The minimum atomic E-state index is -1.17. The zero-order valence-electron chi connectivity index (χ0n) is 8.68. The molecule has 1 aliphatic heterocycles. The Balaban J connectivity index is 2.37. The van der Waals surface area contributed by atoms with Crippen molar-refractivity contribution in [3.05, 3.63) is 28.8 Å². The van der Waals surface area contributed by atoms with E-state index in [2.05, 4.69) is 4.98 Å². The average molecular weight is 261 g/mol. The summed E-state index contributed by atoms with van der Waals surface area (Å²) in [7, 11) is 0. The lowest BCUT2D eigenvalue weighted by molar-refractivity contribution is 0.131. The van der Waals surface area contributed by atoms with E-state index in [4.69, 9.17) is 16.7 Å². The molecule has 0 bridgehead atoms. The first-order chi connectivity index (χ1) is 7.99. The Bertz CT molecular complexity index is 457. The number of aliphatic hydroxyl groups is 1. The Morgan fingerprint density at radius 1 is 1.65 bits per heavy atom. The summed E-state index contributed by atoms with van der Waals surface area (Å²) in [5.41, 5.74) is 0.283. The van der Waals surface area contributed by atoms with Gasteiger partial charge >= 0.3 is 6.09 Å². The first-order valence-electron chi connectivity index (χ1n) is 4.97. The molecule has 7 heteroatoms. The third kappa shape index (κ3) is 2.32. The van der Waals surface area contributed by atoms with Gasteiger partial charge in [0, 0.05) is 5.56 Å². The van der Waals surface area contributed by atoms with E-state index in [1.165, 1.54) is 0 Å². The molecule has 0 aliphatic carbocycles. The highest BCUT2D eigenvalue weighted by molar-refractivity contribution is 6.30. The molecule has 17 heavy (non-hydrogen) atoms. The maximum absolute atomic E-state index is 13.1. The van der Waals surface area contributed by atoms with Gasteiger partial charge in [-0.2, -0.15) is 0 Å². The van der Waals surface area contributed by atoms with Crippen molar-refractivity contribution in [2.75, 3.05) is 6.54 Å². The van der Waals surface area contributed by atoms with Gasteiger partial charge in [0.05, 0.1) is 24.9 Å². The van der Waals surface area contributed by atoms with Gasteiger partial charge < -0.3 is 10.2 Å². The number of hydrogen-bond donors (Lipinski definition) is 2. The maximum atomic E-state index is 13.1. The van der Waals surface area contributed by atoms with Gasteiger partial charge in [0.25, 0.3) is 0 Å². The smallest absolute Gasteiger partial charge is 0.407 e. The molecule has 1 aliphatic rings. The van der Waals surface area contributed by atoms with E-state index < -0.39 is 24.1 Å². The molecule has 1 amide bonds. The number of pyridine rings is 1. The lowest BCUT2D eigenvalue weighted by Gasteiger charge is -2.21. The quantitative estimate of drug-likeness (QED) is 0.753. The summed E-state index contributed by atoms with van der Waals surface area (Å²) in [5, 5.41) is 18.5. The van der Waals surface area contributed by atoms with Crippen LogP contribution in [-0.4, -0.2) is 38.8 Å². The number of β-amino-alcohol motifs (C(OH)–C–C–N with tert-alkyl or cyclic N) is 1. The second-order valence-corrected chi connectivity index (χ2v) is 4.23. The molecule has 0 radical (unpaired) electrons. The van der Waals surface area contributed by atoms with Crippen LogP contribution in [0.2, 0.25) is 5.15 Å². The Morgan fingerprint density at radius 2 is 2.35 bits per heavy atom. The number of amides is 1. The number of aromatic nitrogens is 1. The predicted molar refractivity (Wildman–Crippen MR) is 57.3 cm³/mol. The third-order valence-corrected chi connectivity index (χ3v) is 3.03. The van der Waals surface area contributed by atoms with Gasteiger partial charge in [-0.05, 0) is 12.5 Å². The highest BCUT2D eigenvalue weighted by Crippen LogP contribution is 2.35. The van der Waals surface area contributed by atoms with Crippen molar-refractivity contribution in [2.24, 2.45) is 0 Å². The number of hydrogen-bond acceptors (Lipinski definition) is 3. The summed E-state index contributed by atoms with van der Waals surface area (Å²) >= 11 is 5.81. The van der Waals surface area contributed by atoms with Gasteiger partial charge in [0.15, 0.2) is 0 Å². The molecule has 92 valence electrons. The molecule has 2 N–H and O–H groups in total. The van der Waals surface area contributed by atoms with E-state index in [9.17, 15) is 14.3 Å². The normalized spacial score (nSPS) is 24.1. The van der Waals surface area contributed by atoms with Crippen LogP contribution in [0.5, 0.6) is 0 Å². The van der Waals surface area contributed by atoms with Crippen molar-refractivity contribution in [3.63, 3.8) is 0 Å². The minimum absolute atomic E-state index is 0.00710. The second-order valence-electron chi connectivity index (χ2n) is 3.87. The van der Waals surface area contributed by atoms with Crippen LogP contribution in [-0.2, 0) is 0 Å². The number of nitrogens with zero attached hydrogens (tertiary/aromatic N) is 2. The number of carbonyl (C=O) groups is 1. The molecule has 1 fully saturated rings. The van der Waals surface area contributed by atoms with Gasteiger partial charge in [0.1, 0.15) is 11.0 Å². The standard InChI is InChI=1S/C10H10ClFN2O3/c11-9-7(1-5(12)3-13-9)8-2-6(15)4-14(8)10(16)17/h1,3,6,8,15H,2,4H2,(H,16,17). The Kier molecular flexibility index (Phi) is 3.17. The van der Waals surface area contributed by atoms with Crippen LogP contribution in [0.25, 0.3) is 0 Å². The second kappa shape index (κ2) is 4.46. The van der Waals surface area contributed by atoms with Crippen molar-refractivity contribution >= 4 is 17.7 Å². The van der Waals surface area contributed by atoms with Crippen molar-refractivity contribution in [1.29, 1.82) is 0 Å². The molecule has 2 unspecified atom stereocenters. The van der Waals surface area contributed by atoms with E-state index in [0.717, 1.165) is 17.2 Å². The van der Waals surface area contributed by atoms with Crippen LogP contribution in [0.15, 0.2) is 12.3 Å². The Labute approximate surface area is 101 Å². The SMILES string of the molecule is O=C(O)N1CC(O)CC1c1cc(F)cnc1Cl. The summed E-state index contributed by atoms with van der Waals surface area (Å²) in [4.78, 5) is 15.7. The first kappa shape index (κ1) is 12.1. The zero-order chi connectivity index (χ0) is 12.6. The molecule has 5 nitrogen and oxygen atoms in total. The third-order valence-electron chi connectivity index (χ3n) is 2.72. The average Bonchev–Trinajstić information content (AvgIpc) is 2.64. The summed E-state index contributed by atoms with van der Waals surface area (Å²) in [6.07, 6.45) is -0.790. The van der Waals surface area contributed by atoms with Crippen LogP contribution in [0, 0.1) is 5.82 Å². The molecule has 0 saturated carbocycles. The van der Waals surface area contributed by atoms with Crippen molar-refractivity contribution in [2.45, 2.75) is 18.6 Å². The molecule has 1 aromatic rings. The fourth-order valence-electron chi connectivity index (χ4n) is 1.99. The van der Waals surface area contributed by atoms with Crippen molar-refractivity contribution < 1.29 is 19.4 Å². The van der Waals surface area contributed by atoms with Gasteiger partial charge in [-0.25, -0.2) is 14.2 Å². The molecule has 1 saturated heterocycles.